The van der Waals surface area contributed by atoms with Crippen molar-refractivity contribution in [2.24, 2.45) is 5.92 Å². The summed E-state index contributed by atoms with van der Waals surface area (Å²) < 4.78 is 0. The van der Waals surface area contributed by atoms with E-state index in [1.54, 1.807) is 0 Å². The number of allylic oxidation sites excluding steroid dienone is 2. The van der Waals surface area contributed by atoms with Crippen molar-refractivity contribution in [1.29, 1.82) is 0 Å². The van der Waals surface area contributed by atoms with E-state index in [1.807, 2.05) is 0 Å². The minimum absolute atomic E-state index is 0.300. The van der Waals surface area contributed by atoms with Crippen LogP contribution in [-0.2, 0) is 4.79 Å². The third-order valence-electron chi connectivity index (χ3n) is 3.10. The molecule has 1 nitrogen and oxygen atoms in total. The van der Waals surface area contributed by atoms with Crippen molar-refractivity contribution in [2.45, 2.75) is 46.0 Å². The van der Waals surface area contributed by atoms with Crippen LogP contribution in [0.3, 0.4) is 0 Å². The maximum Gasteiger partial charge on any atom is 0.215 e. The number of rotatable bonds is 5. The van der Waals surface area contributed by atoms with Gasteiger partial charge in [0.05, 0.1) is 0 Å². The Morgan fingerprint density at radius 1 is 1.62 bits per heavy atom. The Kier molecular flexibility index (Phi) is 5.89. The first-order valence-corrected chi connectivity index (χ1v) is 7.15. The van der Waals surface area contributed by atoms with Crippen molar-refractivity contribution in [3.05, 3.63) is 23.8 Å². The van der Waals surface area contributed by atoms with E-state index in [-0.39, 0.29) is 0 Å². The maximum atomic E-state index is 11.8. The molecule has 0 aromatic heterocycles. The fraction of sp³-hybridized carbons (Fsp3) is 0.643. The number of carbonyl (C=O) groups excluding carboxylic acids is 1. The molecule has 0 unspecified atom stereocenters. The van der Waals surface area contributed by atoms with Crippen molar-refractivity contribution in [3.8, 4) is 0 Å². The fourth-order valence-corrected chi connectivity index (χ4v) is 2.86. The highest BCUT2D eigenvalue weighted by Crippen LogP contribution is 2.30. The first-order valence-electron chi connectivity index (χ1n) is 6.16. The van der Waals surface area contributed by atoms with E-state index in [1.165, 1.54) is 17.3 Å². The van der Waals surface area contributed by atoms with Gasteiger partial charge in [0.25, 0.3) is 0 Å². The van der Waals surface area contributed by atoms with Gasteiger partial charge in [0.15, 0.2) is 0 Å². The Morgan fingerprint density at radius 2 is 2.38 bits per heavy atom. The predicted molar refractivity (Wildman–Crippen MR) is 72.6 cm³/mol. The Hall–Kier alpha value is -0.500. The van der Waals surface area contributed by atoms with E-state index in [9.17, 15) is 4.79 Å². The minimum Gasteiger partial charge on any atom is -0.282 e. The molecule has 0 aromatic carbocycles. The number of carbonyl (C=O) groups is 1. The quantitative estimate of drug-likeness (QED) is 0.523. The van der Waals surface area contributed by atoms with E-state index >= 15 is 0 Å². The molecule has 0 fully saturated rings. The van der Waals surface area contributed by atoms with Gasteiger partial charge < -0.3 is 0 Å². The van der Waals surface area contributed by atoms with Gasteiger partial charge in [-0.15, -0.1) is 0 Å². The monoisotopic (exact) mass is 238 g/mol. The smallest absolute Gasteiger partial charge is 0.215 e. The van der Waals surface area contributed by atoms with Crippen LogP contribution < -0.4 is 0 Å². The Labute approximate surface area is 103 Å². The highest BCUT2D eigenvalue weighted by molar-refractivity contribution is 8.14. The molecule has 0 amide bonds. The lowest BCUT2D eigenvalue weighted by molar-refractivity contribution is -0.108. The second-order valence-corrected chi connectivity index (χ2v) is 5.60. The molecule has 0 bridgehead atoms. The summed E-state index contributed by atoms with van der Waals surface area (Å²) in [5.41, 5.74) is 2.29. The molecule has 0 saturated carbocycles. The standard InChI is InChI=1S/C14H22OS/c1-4-5-10-16-14(15)13-8-6-12(7-9-13)11(2)3/h8,12H,2,4-7,9-10H2,1,3H3/t12-/m1/s1. The van der Waals surface area contributed by atoms with Crippen LogP contribution in [0.1, 0.15) is 46.0 Å². The van der Waals surface area contributed by atoms with E-state index in [2.05, 4.69) is 26.5 Å². The molecule has 1 aliphatic carbocycles. The second-order valence-electron chi connectivity index (χ2n) is 4.54. The van der Waals surface area contributed by atoms with Gasteiger partial charge in [-0.05, 0) is 38.5 Å². The topological polar surface area (TPSA) is 17.1 Å². The van der Waals surface area contributed by atoms with Crippen molar-refractivity contribution >= 4 is 16.9 Å². The Bertz CT molecular complexity index is 291. The summed E-state index contributed by atoms with van der Waals surface area (Å²) in [6.45, 7) is 8.23. The Balaban J connectivity index is 2.38. The third kappa shape index (κ3) is 4.17. The van der Waals surface area contributed by atoms with Crippen molar-refractivity contribution in [1.82, 2.24) is 0 Å². The molecule has 0 aliphatic heterocycles. The molecule has 0 spiro atoms. The van der Waals surface area contributed by atoms with Gasteiger partial charge in [-0.25, -0.2) is 0 Å². The minimum atomic E-state index is 0.300. The average molecular weight is 238 g/mol. The van der Waals surface area contributed by atoms with Crippen molar-refractivity contribution in [2.75, 3.05) is 5.75 Å². The van der Waals surface area contributed by atoms with Gasteiger partial charge in [0.1, 0.15) is 0 Å². The van der Waals surface area contributed by atoms with Gasteiger partial charge in [0, 0.05) is 11.3 Å². The first kappa shape index (κ1) is 13.6. The zero-order valence-electron chi connectivity index (χ0n) is 10.4. The molecule has 90 valence electrons. The summed E-state index contributed by atoms with van der Waals surface area (Å²) >= 11 is 1.49. The zero-order valence-corrected chi connectivity index (χ0v) is 11.2. The van der Waals surface area contributed by atoms with Gasteiger partial charge in [-0.3, -0.25) is 4.79 Å². The van der Waals surface area contributed by atoms with Gasteiger partial charge in [0.2, 0.25) is 5.12 Å². The summed E-state index contributed by atoms with van der Waals surface area (Å²) in [5, 5.41) is 0.300. The number of unbranched alkanes of at least 4 members (excludes halogenated alkanes) is 1. The molecule has 1 aliphatic rings. The predicted octanol–water partition coefficient (Wildman–Crippen LogP) is 4.35. The molecule has 1 rings (SSSR count). The van der Waals surface area contributed by atoms with Crippen LogP contribution in [0.25, 0.3) is 0 Å². The summed E-state index contributed by atoms with van der Waals surface area (Å²) in [7, 11) is 0. The van der Waals surface area contributed by atoms with Crippen LogP contribution in [0.2, 0.25) is 0 Å². The van der Waals surface area contributed by atoms with E-state index in [0.29, 0.717) is 11.0 Å². The number of hydrogen-bond acceptors (Lipinski definition) is 2. The molecular formula is C14H22OS. The van der Waals surface area contributed by atoms with Gasteiger partial charge in [-0.2, -0.15) is 0 Å². The zero-order chi connectivity index (χ0) is 12.0. The second kappa shape index (κ2) is 6.95. The molecule has 0 aromatic rings. The van der Waals surface area contributed by atoms with E-state index in [4.69, 9.17) is 0 Å². The molecule has 0 N–H and O–H groups in total. The lowest BCUT2D eigenvalue weighted by Crippen LogP contribution is -2.10. The highest BCUT2D eigenvalue weighted by atomic mass is 32.2. The summed E-state index contributed by atoms with van der Waals surface area (Å²) in [5.74, 6) is 1.56. The van der Waals surface area contributed by atoms with Crippen LogP contribution in [0, 0.1) is 5.92 Å². The highest BCUT2D eigenvalue weighted by Gasteiger charge is 2.18. The van der Waals surface area contributed by atoms with Crippen molar-refractivity contribution in [3.63, 3.8) is 0 Å². The normalized spacial score (nSPS) is 20.4. The third-order valence-corrected chi connectivity index (χ3v) is 4.12. The molecule has 2 heteroatoms. The molecule has 0 radical (unpaired) electrons. The Morgan fingerprint density at radius 3 is 2.88 bits per heavy atom. The summed E-state index contributed by atoms with van der Waals surface area (Å²) in [6, 6.07) is 0. The SMILES string of the molecule is C=C(C)[C@@H]1CC=C(C(=O)SCCCC)CC1. The lowest BCUT2D eigenvalue weighted by atomic mass is 9.86. The van der Waals surface area contributed by atoms with Crippen molar-refractivity contribution < 1.29 is 4.79 Å². The van der Waals surface area contributed by atoms with Crippen LogP contribution >= 0.6 is 11.8 Å². The van der Waals surface area contributed by atoms with Gasteiger partial charge in [-0.1, -0.05) is 43.3 Å². The fourth-order valence-electron chi connectivity index (χ4n) is 1.87. The van der Waals surface area contributed by atoms with Crippen LogP contribution in [0.5, 0.6) is 0 Å². The molecule has 0 saturated heterocycles. The molecule has 0 heterocycles. The van der Waals surface area contributed by atoms with Crippen LogP contribution in [0.15, 0.2) is 23.8 Å². The lowest BCUT2D eigenvalue weighted by Gasteiger charge is -2.21. The van der Waals surface area contributed by atoms with Crippen LogP contribution in [-0.4, -0.2) is 10.9 Å². The largest absolute Gasteiger partial charge is 0.282 e. The molecule has 16 heavy (non-hydrogen) atoms. The average Bonchev–Trinajstić information content (AvgIpc) is 2.29. The number of thioether (sulfide) groups is 1. The van der Waals surface area contributed by atoms with Crippen LogP contribution in [0.4, 0.5) is 0 Å². The van der Waals surface area contributed by atoms with E-state index < -0.39 is 0 Å². The summed E-state index contributed by atoms with van der Waals surface area (Å²) in [6.07, 6.45) is 7.47. The molecule has 1 atom stereocenters. The molecular weight excluding hydrogens is 216 g/mol. The maximum absolute atomic E-state index is 11.8. The first-order chi connectivity index (χ1) is 7.65. The van der Waals surface area contributed by atoms with Gasteiger partial charge >= 0.3 is 0 Å². The number of hydrogen-bond donors (Lipinski definition) is 0. The summed E-state index contributed by atoms with van der Waals surface area (Å²) in [4.78, 5) is 11.8. The van der Waals surface area contributed by atoms with E-state index in [0.717, 1.165) is 43.4 Å².